The molecule has 5 heteroatoms. The maximum Gasteiger partial charge on any atom is 0.265 e. The van der Waals surface area contributed by atoms with Crippen molar-refractivity contribution >= 4 is 11.6 Å². The molecule has 0 saturated carbocycles. The predicted octanol–water partition coefficient (Wildman–Crippen LogP) is 3.35. The molecule has 1 fully saturated rings. The van der Waals surface area contributed by atoms with Crippen LogP contribution >= 0.6 is 0 Å². The fourth-order valence-electron chi connectivity index (χ4n) is 3.76. The van der Waals surface area contributed by atoms with Crippen molar-refractivity contribution in [2.24, 2.45) is 0 Å². The van der Waals surface area contributed by atoms with Gasteiger partial charge in [0.15, 0.2) is 6.10 Å². The van der Waals surface area contributed by atoms with Gasteiger partial charge in [-0.25, -0.2) is 0 Å². The number of anilines is 1. The van der Waals surface area contributed by atoms with Crippen LogP contribution in [0.4, 0.5) is 5.69 Å². The van der Waals surface area contributed by atoms with Crippen LogP contribution in [0.2, 0.25) is 0 Å². The molecule has 142 valence electrons. The van der Waals surface area contributed by atoms with Gasteiger partial charge in [-0.15, -0.1) is 0 Å². The number of carbonyl (C=O) groups excluding carboxylic acids is 1. The molecule has 0 spiro atoms. The summed E-state index contributed by atoms with van der Waals surface area (Å²) in [5, 5.41) is 0. The number of benzene rings is 2. The summed E-state index contributed by atoms with van der Waals surface area (Å²) in [6, 6.07) is 17.7. The lowest BCUT2D eigenvalue weighted by atomic mass is 10.1. The SMILES string of the molecule is O=C(C1CN(CCOc2ccccc2)c2ccccc2O1)N1CCCCC1. The molecule has 5 nitrogen and oxygen atoms in total. The Hall–Kier alpha value is -2.69. The van der Waals surface area contributed by atoms with Crippen molar-refractivity contribution in [2.75, 3.05) is 37.7 Å². The van der Waals surface area contributed by atoms with Crippen molar-refractivity contribution in [2.45, 2.75) is 25.4 Å². The minimum atomic E-state index is -0.449. The Balaban J connectivity index is 1.44. The number of carbonyl (C=O) groups is 1. The van der Waals surface area contributed by atoms with Crippen molar-refractivity contribution in [1.82, 2.24) is 4.90 Å². The van der Waals surface area contributed by atoms with Crippen molar-refractivity contribution in [3.05, 3.63) is 54.6 Å². The number of nitrogens with zero attached hydrogens (tertiary/aromatic N) is 2. The largest absolute Gasteiger partial charge is 0.492 e. The summed E-state index contributed by atoms with van der Waals surface area (Å²) >= 11 is 0. The van der Waals surface area contributed by atoms with E-state index in [0.717, 1.165) is 43.1 Å². The van der Waals surface area contributed by atoms with E-state index in [1.165, 1.54) is 6.42 Å². The van der Waals surface area contributed by atoms with Crippen LogP contribution in [0, 0.1) is 0 Å². The molecule has 2 heterocycles. The highest BCUT2D eigenvalue weighted by molar-refractivity contribution is 5.83. The third kappa shape index (κ3) is 4.18. The summed E-state index contributed by atoms with van der Waals surface area (Å²) in [6.07, 6.45) is 2.93. The maximum atomic E-state index is 12.9. The third-order valence-corrected chi connectivity index (χ3v) is 5.18. The Morgan fingerprint density at radius 1 is 1.00 bits per heavy atom. The van der Waals surface area contributed by atoms with Crippen molar-refractivity contribution in [3.63, 3.8) is 0 Å². The Morgan fingerprint density at radius 3 is 2.56 bits per heavy atom. The van der Waals surface area contributed by atoms with Crippen LogP contribution in [0.15, 0.2) is 54.6 Å². The molecule has 1 amide bonds. The summed E-state index contributed by atoms with van der Waals surface area (Å²) in [5.74, 6) is 1.75. The lowest BCUT2D eigenvalue weighted by molar-refractivity contribution is -0.139. The van der Waals surface area contributed by atoms with Gasteiger partial charge in [-0.1, -0.05) is 30.3 Å². The second kappa shape index (κ2) is 8.33. The van der Waals surface area contributed by atoms with Gasteiger partial charge < -0.3 is 19.3 Å². The molecule has 0 bridgehead atoms. The highest BCUT2D eigenvalue weighted by Crippen LogP contribution is 2.33. The summed E-state index contributed by atoms with van der Waals surface area (Å²) in [5.41, 5.74) is 1.02. The summed E-state index contributed by atoms with van der Waals surface area (Å²) in [4.78, 5) is 17.1. The van der Waals surface area contributed by atoms with E-state index in [4.69, 9.17) is 9.47 Å². The van der Waals surface area contributed by atoms with Crippen LogP contribution in [-0.4, -0.2) is 49.7 Å². The molecule has 0 aromatic heterocycles. The number of likely N-dealkylation sites (tertiary alicyclic amines) is 1. The third-order valence-electron chi connectivity index (χ3n) is 5.18. The summed E-state index contributed by atoms with van der Waals surface area (Å²) < 4.78 is 11.9. The number of fused-ring (bicyclic) bond motifs is 1. The smallest absolute Gasteiger partial charge is 0.265 e. The molecule has 1 saturated heterocycles. The van der Waals surface area contributed by atoms with E-state index < -0.39 is 6.10 Å². The zero-order valence-corrected chi connectivity index (χ0v) is 15.5. The molecular weight excluding hydrogens is 340 g/mol. The van der Waals surface area contributed by atoms with Gasteiger partial charge in [0.2, 0.25) is 0 Å². The lowest BCUT2D eigenvalue weighted by Gasteiger charge is -2.38. The van der Waals surface area contributed by atoms with Crippen LogP contribution in [0.25, 0.3) is 0 Å². The van der Waals surface area contributed by atoms with Crippen LogP contribution in [0.1, 0.15) is 19.3 Å². The Kier molecular flexibility index (Phi) is 5.47. The molecule has 0 radical (unpaired) electrons. The topological polar surface area (TPSA) is 42.0 Å². The highest BCUT2D eigenvalue weighted by atomic mass is 16.5. The van der Waals surface area contributed by atoms with E-state index in [0.29, 0.717) is 19.7 Å². The second-order valence-electron chi connectivity index (χ2n) is 7.07. The summed E-state index contributed by atoms with van der Waals surface area (Å²) in [7, 11) is 0. The number of rotatable bonds is 5. The molecule has 1 unspecified atom stereocenters. The molecule has 1 atom stereocenters. The standard InChI is InChI=1S/C22H26N2O3/c25-22(23-13-7-2-8-14-23)21-17-24(19-11-5-6-12-20(19)27-21)15-16-26-18-9-3-1-4-10-18/h1,3-6,9-12,21H,2,7-8,13-17H2. The second-order valence-corrected chi connectivity index (χ2v) is 7.07. The number of piperidine rings is 1. The van der Waals surface area contributed by atoms with Crippen LogP contribution < -0.4 is 14.4 Å². The first-order valence-electron chi connectivity index (χ1n) is 9.78. The molecule has 2 aliphatic heterocycles. The molecule has 0 aliphatic carbocycles. The molecule has 0 N–H and O–H groups in total. The van der Waals surface area contributed by atoms with Gasteiger partial charge in [-0.2, -0.15) is 0 Å². The quantitative estimate of drug-likeness (QED) is 0.814. The number of amides is 1. The van der Waals surface area contributed by atoms with Gasteiger partial charge in [0.25, 0.3) is 5.91 Å². The van der Waals surface area contributed by atoms with Crippen molar-refractivity contribution < 1.29 is 14.3 Å². The van der Waals surface area contributed by atoms with Crippen molar-refractivity contribution in [1.29, 1.82) is 0 Å². The maximum absolute atomic E-state index is 12.9. The van der Waals surface area contributed by atoms with E-state index in [-0.39, 0.29) is 5.91 Å². The van der Waals surface area contributed by atoms with Crippen LogP contribution in [-0.2, 0) is 4.79 Å². The molecule has 4 rings (SSSR count). The van der Waals surface area contributed by atoms with Gasteiger partial charge in [-0.3, -0.25) is 4.79 Å². The van der Waals surface area contributed by atoms with E-state index >= 15 is 0 Å². The number of para-hydroxylation sites is 3. The summed E-state index contributed by atoms with van der Waals surface area (Å²) in [6.45, 7) is 3.52. The van der Waals surface area contributed by atoms with E-state index in [9.17, 15) is 4.79 Å². The molecule has 2 aromatic carbocycles. The fourth-order valence-corrected chi connectivity index (χ4v) is 3.76. The van der Waals surface area contributed by atoms with E-state index in [1.54, 1.807) is 0 Å². The highest BCUT2D eigenvalue weighted by Gasteiger charge is 2.33. The first-order chi connectivity index (χ1) is 13.3. The van der Waals surface area contributed by atoms with Gasteiger partial charge in [-0.05, 0) is 43.5 Å². The van der Waals surface area contributed by atoms with Crippen LogP contribution in [0.5, 0.6) is 11.5 Å². The van der Waals surface area contributed by atoms with E-state index in [2.05, 4.69) is 4.90 Å². The number of ether oxygens (including phenoxy) is 2. The first-order valence-corrected chi connectivity index (χ1v) is 9.78. The van der Waals surface area contributed by atoms with Gasteiger partial charge in [0.1, 0.15) is 18.1 Å². The molecule has 2 aromatic rings. The zero-order chi connectivity index (χ0) is 18.5. The van der Waals surface area contributed by atoms with E-state index in [1.807, 2.05) is 59.5 Å². The first kappa shape index (κ1) is 17.7. The molecular formula is C22H26N2O3. The zero-order valence-electron chi connectivity index (χ0n) is 15.5. The Morgan fingerprint density at radius 2 is 1.74 bits per heavy atom. The number of hydrogen-bond acceptors (Lipinski definition) is 4. The van der Waals surface area contributed by atoms with Gasteiger partial charge in [0.05, 0.1) is 18.8 Å². The number of hydrogen-bond donors (Lipinski definition) is 0. The minimum absolute atomic E-state index is 0.109. The molecule has 27 heavy (non-hydrogen) atoms. The van der Waals surface area contributed by atoms with Crippen LogP contribution in [0.3, 0.4) is 0 Å². The van der Waals surface area contributed by atoms with Gasteiger partial charge >= 0.3 is 0 Å². The normalized spacial score (nSPS) is 19.2. The molecule has 2 aliphatic rings. The van der Waals surface area contributed by atoms with Crippen molar-refractivity contribution in [3.8, 4) is 11.5 Å². The Labute approximate surface area is 160 Å². The average molecular weight is 366 g/mol. The predicted molar refractivity (Wildman–Crippen MR) is 105 cm³/mol. The lowest BCUT2D eigenvalue weighted by Crippen LogP contribution is -2.52. The monoisotopic (exact) mass is 366 g/mol. The van der Waals surface area contributed by atoms with Gasteiger partial charge in [0, 0.05) is 13.1 Å². The Bertz CT molecular complexity index is 759. The fraction of sp³-hybridized carbons (Fsp3) is 0.409. The minimum Gasteiger partial charge on any atom is -0.492 e. The average Bonchev–Trinajstić information content (AvgIpc) is 2.74.